The lowest BCUT2D eigenvalue weighted by atomic mass is 9.86. The first-order valence-corrected chi connectivity index (χ1v) is 9.39. The van der Waals surface area contributed by atoms with Gasteiger partial charge < -0.3 is 10.2 Å². The van der Waals surface area contributed by atoms with E-state index in [1.807, 2.05) is 29.2 Å². The van der Waals surface area contributed by atoms with E-state index in [2.05, 4.69) is 5.32 Å². The number of hydrogen-bond donors (Lipinski definition) is 1. The summed E-state index contributed by atoms with van der Waals surface area (Å²) in [6.07, 6.45) is 8.56. The normalized spacial score (nSPS) is 29.1. The number of rotatable bonds is 4. The van der Waals surface area contributed by atoms with E-state index in [0.29, 0.717) is 18.8 Å². The Hall–Kier alpha value is -1.84. The van der Waals surface area contributed by atoms with Crippen LogP contribution in [0.4, 0.5) is 11.4 Å². The summed E-state index contributed by atoms with van der Waals surface area (Å²) in [6.45, 7) is 0.779. The number of nitrogens with zero attached hydrogens (tertiary/aromatic N) is 1. The van der Waals surface area contributed by atoms with Crippen molar-refractivity contribution in [3.05, 3.63) is 24.3 Å². The van der Waals surface area contributed by atoms with Gasteiger partial charge in [-0.3, -0.25) is 9.59 Å². The lowest BCUT2D eigenvalue weighted by Crippen LogP contribution is -2.35. The smallest absolute Gasteiger partial charge is 0.226 e. The van der Waals surface area contributed by atoms with Crippen molar-refractivity contribution in [2.45, 2.75) is 51.4 Å². The van der Waals surface area contributed by atoms with E-state index in [1.54, 1.807) is 0 Å². The van der Waals surface area contributed by atoms with E-state index in [9.17, 15) is 9.59 Å². The van der Waals surface area contributed by atoms with Crippen LogP contribution in [-0.2, 0) is 9.59 Å². The number of carbonyl (C=O) groups excluding carboxylic acids is 2. The fourth-order valence-corrected chi connectivity index (χ4v) is 4.91. The third kappa shape index (κ3) is 3.19. The summed E-state index contributed by atoms with van der Waals surface area (Å²) in [7, 11) is 0. The lowest BCUT2D eigenvalue weighted by molar-refractivity contribution is -0.119. The quantitative estimate of drug-likeness (QED) is 0.910. The van der Waals surface area contributed by atoms with Crippen LogP contribution in [0, 0.1) is 17.8 Å². The maximum atomic E-state index is 12.4. The molecule has 2 bridgehead atoms. The highest BCUT2D eigenvalue weighted by Gasteiger charge is 2.40. The molecular formula is C20H26N2O2. The second-order valence-electron chi connectivity index (χ2n) is 7.74. The highest BCUT2D eigenvalue weighted by Crippen LogP contribution is 2.49. The van der Waals surface area contributed by atoms with Crippen LogP contribution < -0.4 is 10.2 Å². The van der Waals surface area contributed by atoms with Crippen LogP contribution in [0.25, 0.3) is 0 Å². The number of hydrogen-bond acceptors (Lipinski definition) is 2. The van der Waals surface area contributed by atoms with Gasteiger partial charge in [0.15, 0.2) is 0 Å². The molecule has 4 heteroatoms. The minimum Gasteiger partial charge on any atom is -0.326 e. The molecular weight excluding hydrogens is 300 g/mol. The Morgan fingerprint density at radius 1 is 1.21 bits per heavy atom. The summed E-state index contributed by atoms with van der Waals surface area (Å²) in [5.41, 5.74) is 1.71. The van der Waals surface area contributed by atoms with Crippen molar-refractivity contribution in [2.75, 3.05) is 16.8 Å². The summed E-state index contributed by atoms with van der Waals surface area (Å²) in [4.78, 5) is 26.3. The van der Waals surface area contributed by atoms with Gasteiger partial charge in [0.1, 0.15) is 0 Å². The summed E-state index contributed by atoms with van der Waals surface area (Å²) >= 11 is 0. The summed E-state index contributed by atoms with van der Waals surface area (Å²) in [5.74, 6) is 2.54. The van der Waals surface area contributed by atoms with Crippen LogP contribution in [0.5, 0.6) is 0 Å². The van der Waals surface area contributed by atoms with E-state index in [4.69, 9.17) is 0 Å². The molecule has 128 valence electrons. The lowest BCUT2D eigenvalue weighted by Gasteiger charge is -2.27. The minimum atomic E-state index is 0.120. The van der Waals surface area contributed by atoms with E-state index in [0.717, 1.165) is 42.6 Å². The predicted molar refractivity (Wildman–Crippen MR) is 94.8 cm³/mol. The summed E-state index contributed by atoms with van der Waals surface area (Å²) in [5, 5.41) is 3.05. The van der Waals surface area contributed by atoms with Gasteiger partial charge in [0.25, 0.3) is 0 Å². The first-order chi connectivity index (χ1) is 11.7. The fraction of sp³-hybridized carbons (Fsp3) is 0.600. The fourth-order valence-electron chi connectivity index (χ4n) is 4.91. The van der Waals surface area contributed by atoms with Gasteiger partial charge in [-0.15, -0.1) is 0 Å². The maximum Gasteiger partial charge on any atom is 0.226 e. The van der Waals surface area contributed by atoms with Gasteiger partial charge in [-0.1, -0.05) is 12.5 Å². The Bertz CT molecular complexity index is 642. The van der Waals surface area contributed by atoms with Gasteiger partial charge >= 0.3 is 0 Å². The van der Waals surface area contributed by atoms with Crippen LogP contribution in [0.3, 0.4) is 0 Å². The van der Waals surface area contributed by atoms with Gasteiger partial charge in [-0.2, -0.15) is 0 Å². The second kappa shape index (κ2) is 6.58. The molecule has 0 spiro atoms. The van der Waals surface area contributed by atoms with Crippen molar-refractivity contribution >= 4 is 23.2 Å². The second-order valence-corrected chi connectivity index (χ2v) is 7.74. The molecule has 24 heavy (non-hydrogen) atoms. The number of benzene rings is 1. The number of anilines is 2. The van der Waals surface area contributed by atoms with Crippen molar-refractivity contribution in [2.24, 2.45) is 17.8 Å². The summed E-state index contributed by atoms with van der Waals surface area (Å²) < 4.78 is 0. The Balaban J connectivity index is 1.38. The Morgan fingerprint density at radius 2 is 2.12 bits per heavy atom. The van der Waals surface area contributed by atoms with Gasteiger partial charge in [0, 0.05) is 30.8 Å². The molecule has 1 aliphatic heterocycles. The van der Waals surface area contributed by atoms with Gasteiger partial charge in [-0.25, -0.2) is 0 Å². The predicted octanol–water partition coefficient (Wildman–Crippen LogP) is 3.97. The molecule has 1 heterocycles. The van der Waals surface area contributed by atoms with Crippen molar-refractivity contribution in [3.63, 3.8) is 0 Å². The number of amides is 2. The minimum absolute atomic E-state index is 0.120. The van der Waals surface area contributed by atoms with Gasteiger partial charge in [-0.05, 0) is 68.1 Å². The number of fused-ring (bicyclic) bond motifs is 2. The molecule has 3 fully saturated rings. The molecule has 2 aliphatic carbocycles. The monoisotopic (exact) mass is 326 g/mol. The van der Waals surface area contributed by atoms with E-state index in [-0.39, 0.29) is 11.8 Å². The van der Waals surface area contributed by atoms with Crippen molar-refractivity contribution in [3.8, 4) is 0 Å². The van der Waals surface area contributed by atoms with Crippen molar-refractivity contribution < 1.29 is 9.59 Å². The van der Waals surface area contributed by atoms with Crippen LogP contribution in [0.1, 0.15) is 51.4 Å². The molecule has 1 aromatic rings. The number of carbonyl (C=O) groups is 2. The maximum absolute atomic E-state index is 12.4. The summed E-state index contributed by atoms with van der Waals surface area (Å²) in [6, 6.07) is 7.72. The first kappa shape index (κ1) is 15.7. The van der Waals surface area contributed by atoms with Crippen molar-refractivity contribution in [1.29, 1.82) is 0 Å². The van der Waals surface area contributed by atoms with Gasteiger partial charge in [0.05, 0.1) is 0 Å². The molecule has 1 aromatic carbocycles. The first-order valence-electron chi connectivity index (χ1n) is 9.39. The van der Waals surface area contributed by atoms with E-state index in [1.165, 1.54) is 25.7 Å². The van der Waals surface area contributed by atoms with Crippen LogP contribution >= 0.6 is 0 Å². The third-order valence-electron chi connectivity index (χ3n) is 6.10. The highest BCUT2D eigenvalue weighted by molar-refractivity contribution is 5.96. The number of nitrogens with one attached hydrogen (secondary N) is 1. The zero-order chi connectivity index (χ0) is 16.5. The number of piperidine rings is 1. The van der Waals surface area contributed by atoms with Gasteiger partial charge in [0.2, 0.25) is 11.8 Å². The standard InChI is InChI=1S/C20H26N2O2/c23-19(12-16-11-14-7-8-15(16)10-14)21-17-4-3-5-18(13-17)22-9-2-1-6-20(22)24/h3-5,13-16H,1-2,6-12H2,(H,21,23). The molecule has 0 radical (unpaired) electrons. The van der Waals surface area contributed by atoms with Crippen molar-refractivity contribution in [1.82, 2.24) is 0 Å². The van der Waals surface area contributed by atoms with Crippen LogP contribution in [0.15, 0.2) is 24.3 Å². The van der Waals surface area contributed by atoms with E-state index >= 15 is 0 Å². The Morgan fingerprint density at radius 3 is 2.88 bits per heavy atom. The average molecular weight is 326 g/mol. The molecule has 3 aliphatic rings. The third-order valence-corrected chi connectivity index (χ3v) is 6.10. The average Bonchev–Trinajstić information content (AvgIpc) is 3.18. The molecule has 1 N–H and O–H groups in total. The Kier molecular flexibility index (Phi) is 4.30. The molecule has 4 nitrogen and oxygen atoms in total. The SMILES string of the molecule is O=C(CC1CC2CCC1C2)Nc1cccc(N2CCCCC2=O)c1. The zero-order valence-electron chi connectivity index (χ0n) is 14.2. The topological polar surface area (TPSA) is 49.4 Å². The molecule has 2 amide bonds. The van der Waals surface area contributed by atoms with Crippen LogP contribution in [-0.4, -0.2) is 18.4 Å². The molecule has 1 saturated heterocycles. The molecule has 3 atom stereocenters. The highest BCUT2D eigenvalue weighted by atomic mass is 16.2. The molecule has 4 rings (SSSR count). The largest absolute Gasteiger partial charge is 0.326 e. The molecule has 2 saturated carbocycles. The molecule has 3 unspecified atom stereocenters. The Labute approximate surface area is 143 Å². The van der Waals surface area contributed by atoms with E-state index < -0.39 is 0 Å². The zero-order valence-corrected chi connectivity index (χ0v) is 14.2. The van der Waals surface area contributed by atoms with Crippen LogP contribution in [0.2, 0.25) is 0 Å². The molecule has 0 aromatic heterocycles.